The van der Waals surface area contributed by atoms with Gasteiger partial charge in [-0.15, -0.1) is 0 Å². The van der Waals surface area contributed by atoms with E-state index in [2.05, 4.69) is 94.4 Å². The van der Waals surface area contributed by atoms with Gasteiger partial charge in [-0.1, -0.05) is 67.5 Å². The number of phenolic OH excluding ortho intramolecular Hbond substituents is 1. The van der Waals surface area contributed by atoms with Crippen molar-refractivity contribution in [2.45, 2.75) is 219 Å². The van der Waals surface area contributed by atoms with E-state index in [4.69, 9.17) is 28.7 Å². The Balaban J connectivity index is 2.19. The first-order chi connectivity index (χ1) is 53.0. The van der Waals surface area contributed by atoms with Crippen LogP contribution in [0.5, 0.6) is 5.75 Å². The van der Waals surface area contributed by atoms with Crippen molar-refractivity contribution in [3.63, 3.8) is 0 Å². The van der Waals surface area contributed by atoms with Crippen molar-refractivity contribution < 1.29 is 87.2 Å². The van der Waals surface area contributed by atoms with Crippen molar-refractivity contribution in [1.82, 2.24) is 84.4 Å². The molecule has 0 saturated heterocycles. The van der Waals surface area contributed by atoms with Crippen LogP contribution in [0.1, 0.15) is 139 Å². The molecule has 41 nitrogen and oxygen atoms in total. The lowest BCUT2D eigenvalue weighted by Crippen LogP contribution is -2.62. The zero-order valence-electron chi connectivity index (χ0n) is 66.2. The summed E-state index contributed by atoms with van der Waals surface area (Å²) in [4.78, 5) is 218. The summed E-state index contributed by atoms with van der Waals surface area (Å²) in [6, 6.07) is -10.4. The number of carboxylic acids is 1. The number of nitrogens with one attached hydrogen (secondary N) is 15. The molecule has 42 heteroatoms. The maximum atomic E-state index is 14.3. The number of imidazole rings is 1. The monoisotopic (exact) mass is 1610 g/mol. The molecule has 0 spiro atoms. The zero-order valence-corrected chi connectivity index (χ0v) is 67.0. The van der Waals surface area contributed by atoms with E-state index < -0.39 is 193 Å². The number of rotatable bonds is 52. The van der Waals surface area contributed by atoms with Crippen LogP contribution in [-0.2, 0) is 84.8 Å². The number of carbonyl (C=O) groups excluding carboxylic acids is 14. The average molecular weight is 1610 g/mol. The Morgan fingerprint density at radius 2 is 0.876 bits per heavy atom. The van der Waals surface area contributed by atoms with E-state index in [-0.39, 0.29) is 106 Å². The molecule has 113 heavy (non-hydrogen) atoms. The van der Waals surface area contributed by atoms with Crippen LogP contribution in [0.25, 0.3) is 0 Å². The van der Waals surface area contributed by atoms with Gasteiger partial charge in [0.2, 0.25) is 82.7 Å². The van der Waals surface area contributed by atoms with Crippen LogP contribution in [0.15, 0.2) is 46.8 Å². The van der Waals surface area contributed by atoms with Gasteiger partial charge in [-0.25, -0.2) is 9.78 Å². The number of aliphatic imine (C=N–C) groups is 2. The highest BCUT2D eigenvalue weighted by Gasteiger charge is 2.37. The fourth-order valence-electron chi connectivity index (χ4n) is 10.9. The van der Waals surface area contributed by atoms with E-state index in [9.17, 15) is 87.2 Å². The van der Waals surface area contributed by atoms with Crippen molar-refractivity contribution in [3.8, 4) is 5.75 Å². The normalized spacial score (nSPS) is 14.6. The van der Waals surface area contributed by atoms with Crippen LogP contribution >= 0.6 is 11.8 Å². The van der Waals surface area contributed by atoms with Crippen molar-refractivity contribution in [3.05, 3.63) is 48.0 Å². The standard InChI is InChI=1S/C71H119N23O18S/c1-35(2)25-48(63(105)91-49(26-36(3)4)64(106)89-47(21-24-113-12)61(103)81-32-55(99)88-52(69(111)112)27-37(5)6)87-54(98)31-80-58(100)39(9)84-59(101)40(10)85-62(104)46(16-14-23-79-71(75)76)86-53(97)33-82-67(109)56(38(7)8)93-68(110)57(41(11)95)94-66(108)51(29-43-30-77-34-83-43)92-65(107)50(28-42-17-19-44(96)20-18-42)90-60(102)45(72)15-13-22-78-70(73)74/h17-20,30,34-41,45-52,56-57,95-96H,13-16,21-29,31-33,72H2,1-12H3,(H,77,83)(H,80,100)(H,81,103)(H,82,109)(H,84,101)(H,85,104)(H,86,97)(H,87,98)(H,88,99)(H,89,106)(H,90,102)(H,91,105)(H,92,107)(H,93,110)(H,94,108)(H,111,112)(H4,73,74,78)(H4,75,76,79). The second-order valence-corrected chi connectivity index (χ2v) is 29.8. The number of nitrogens with two attached hydrogens (primary N) is 5. The molecule has 2 aromatic rings. The Labute approximate surface area is 661 Å². The van der Waals surface area contributed by atoms with E-state index in [1.807, 2.05) is 0 Å². The third kappa shape index (κ3) is 39.2. The summed E-state index contributed by atoms with van der Waals surface area (Å²) in [5.41, 5.74) is 28.8. The fraction of sp³-hybridized carbons (Fsp3) is 0.634. The van der Waals surface area contributed by atoms with Gasteiger partial charge in [-0.3, -0.25) is 77.1 Å². The number of H-pyrrole nitrogens is 1. The molecule has 0 radical (unpaired) electrons. The summed E-state index contributed by atoms with van der Waals surface area (Å²) in [7, 11) is 0. The Morgan fingerprint density at radius 1 is 0.460 bits per heavy atom. The molecule has 13 unspecified atom stereocenters. The number of thioether (sulfide) groups is 1. The van der Waals surface area contributed by atoms with Gasteiger partial charge in [-0.2, -0.15) is 11.8 Å². The quantitative estimate of drug-likeness (QED) is 0.0167. The molecule has 0 fully saturated rings. The molecule has 14 amide bonds. The second kappa shape index (κ2) is 50.9. The van der Waals surface area contributed by atoms with E-state index >= 15 is 0 Å². The lowest BCUT2D eigenvalue weighted by molar-refractivity contribution is -0.142. The Hall–Kier alpha value is -10.9. The summed E-state index contributed by atoms with van der Waals surface area (Å²) in [5.74, 6) is -14.5. The lowest BCUT2D eigenvalue weighted by Gasteiger charge is -2.28. The van der Waals surface area contributed by atoms with E-state index in [0.29, 0.717) is 23.4 Å². The number of benzene rings is 1. The zero-order chi connectivity index (χ0) is 85.4. The van der Waals surface area contributed by atoms with E-state index in [0.717, 1.165) is 0 Å². The molecular weight excluding hydrogens is 1490 g/mol. The number of hydrogen-bond acceptors (Lipinski definition) is 22. The number of amides is 14. The molecule has 28 N–H and O–H groups in total. The van der Waals surface area contributed by atoms with Gasteiger partial charge in [0.25, 0.3) is 0 Å². The van der Waals surface area contributed by atoms with Gasteiger partial charge < -0.3 is 123 Å². The predicted octanol–water partition coefficient (Wildman–Crippen LogP) is -5.93. The largest absolute Gasteiger partial charge is 0.508 e. The highest BCUT2D eigenvalue weighted by molar-refractivity contribution is 7.98. The van der Waals surface area contributed by atoms with E-state index in [1.165, 1.54) is 69.3 Å². The minimum atomic E-state index is -1.79. The second-order valence-electron chi connectivity index (χ2n) is 28.8. The number of carbonyl (C=O) groups is 15. The summed E-state index contributed by atoms with van der Waals surface area (Å²) in [6.45, 7) is 15.6. The Morgan fingerprint density at radius 3 is 1.38 bits per heavy atom. The number of aromatic amines is 1. The molecule has 0 saturated carbocycles. The minimum absolute atomic E-state index is 0.0113. The minimum Gasteiger partial charge on any atom is -0.508 e. The predicted molar refractivity (Wildman–Crippen MR) is 419 cm³/mol. The lowest BCUT2D eigenvalue weighted by atomic mass is 9.99. The topological polar surface area (TPSA) is 669 Å². The maximum absolute atomic E-state index is 14.3. The number of hydrogen-bond donors (Lipinski definition) is 23. The first-order valence-corrected chi connectivity index (χ1v) is 38.6. The van der Waals surface area contributed by atoms with Crippen molar-refractivity contribution in [1.29, 1.82) is 0 Å². The van der Waals surface area contributed by atoms with Gasteiger partial charge in [-0.05, 0) is 126 Å². The number of guanidine groups is 2. The molecule has 0 bridgehead atoms. The fourth-order valence-corrected chi connectivity index (χ4v) is 11.3. The summed E-state index contributed by atoms with van der Waals surface area (Å²) in [5, 5.41) is 65.5. The highest BCUT2D eigenvalue weighted by Crippen LogP contribution is 2.16. The number of aromatic hydroxyl groups is 1. The number of aromatic nitrogens is 2. The molecule has 1 heterocycles. The first kappa shape index (κ1) is 98.2. The highest BCUT2D eigenvalue weighted by atomic mass is 32.2. The molecule has 0 aliphatic heterocycles. The van der Waals surface area contributed by atoms with Crippen molar-refractivity contribution >= 4 is 112 Å². The summed E-state index contributed by atoms with van der Waals surface area (Å²) in [6.07, 6.45) is 3.22. The van der Waals surface area contributed by atoms with Gasteiger partial charge in [0, 0.05) is 37.8 Å². The maximum Gasteiger partial charge on any atom is 0.326 e. The SMILES string of the molecule is CSCCC(NC(=O)C(CC(C)C)NC(=O)C(CC(C)C)NC(=O)CNC(=O)C(C)NC(=O)C(C)NC(=O)C(CCCN=C(N)N)NC(=O)CNC(=O)C(NC(=O)C(NC(=O)C(Cc1cnc[nH]1)NC(=O)C(Cc1ccc(O)cc1)NC(=O)C(N)CCCN=C(N)N)C(C)O)C(C)C)C(=O)NCC(=O)NC(CC(C)C)C(=O)O. The number of aliphatic carboxylic acids is 1. The summed E-state index contributed by atoms with van der Waals surface area (Å²) < 4.78 is 0. The summed E-state index contributed by atoms with van der Waals surface area (Å²) >= 11 is 1.38. The number of aliphatic hydroxyl groups is 1. The van der Waals surface area contributed by atoms with Gasteiger partial charge in [0.15, 0.2) is 11.9 Å². The van der Waals surface area contributed by atoms with E-state index in [1.54, 1.807) is 61.6 Å². The smallest absolute Gasteiger partial charge is 0.326 e. The van der Waals surface area contributed by atoms with Crippen molar-refractivity contribution in [2.75, 3.05) is 44.7 Å². The number of aliphatic hydroxyl groups excluding tert-OH is 1. The van der Waals surface area contributed by atoms with Gasteiger partial charge in [0.1, 0.15) is 72.2 Å². The van der Waals surface area contributed by atoms with Gasteiger partial charge >= 0.3 is 5.97 Å². The molecule has 1 aromatic heterocycles. The molecule has 632 valence electrons. The van der Waals surface area contributed by atoms with Gasteiger partial charge in [0.05, 0.1) is 38.1 Å². The van der Waals surface area contributed by atoms with Crippen molar-refractivity contribution in [2.24, 2.45) is 62.3 Å². The van der Waals surface area contributed by atoms with Crippen LogP contribution < -0.4 is 103 Å². The third-order valence-corrected chi connectivity index (χ3v) is 17.5. The Kier molecular flexibility index (Phi) is 44.2. The average Bonchev–Trinajstić information content (AvgIpc) is 1.46. The van der Waals surface area contributed by atoms with Crippen LogP contribution in [-0.4, -0.2) is 249 Å². The molecule has 0 aliphatic carbocycles. The van der Waals surface area contributed by atoms with Crippen LogP contribution in [0.3, 0.4) is 0 Å². The number of phenols is 1. The van der Waals surface area contributed by atoms with Crippen LogP contribution in [0, 0.1) is 23.7 Å². The number of carboxylic acid groups (broad SMARTS) is 1. The Bertz CT molecular complexity index is 3540. The first-order valence-electron chi connectivity index (χ1n) is 37.2. The molecule has 0 aliphatic rings. The molecule has 2 rings (SSSR count). The van der Waals surface area contributed by atoms with Crippen LogP contribution in [0.4, 0.5) is 0 Å². The molecule has 13 atom stereocenters. The van der Waals surface area contributed by atoms with Crippen LogP contribution in [0.2, 0.25) is 0 Å². The molecular formula is C71H119N23O18S. The number of nitrogens with zero attached hydrogens (tertiary/aromatic N) is 3. The third-order valence-electron chi connectivity index (χ3n) is 16.9. The molecule has 1 aromatic carbocycles.